The summed E-state index contributed by atoms with van der Waals surface area (Å²) in [6.07, 6.45) is 0. The molecule has 0 unspecified atom stereocenters. The lowest BCUT2D eigenvalue weighted by Gasteiger charge is -2.09. The van der Waals surface area contributed by atoms with E-state index in [9.17, 15) is 9.90 Å². The maximum Gasteiger partial charge on any atom is 0.318 e. The second-order valence-electron chi connectivity index (χ2n) is 5.40. The Balaban J connectivity index is 1.60. The van der Waals surface area contributed by atoms with Crippen molar-refractivity contribution in [3.8, 4) is 28.7 Å². The Morgan fingerprint density at radius 3 is 1.54 bits per heavy atom. The van der Waals surface area contributed by atoms with Crippen molar-refractivity contribution in [3.05, 3.63) is 72.8 Å². The lowest BCUT2D eigenvalue weighted by Crippen LogP contribution is -2.24. The monoisotopic (exact) mass is 350 g/mol. The van der Waals surface area contributed by atoms with Crippen LogP contribution in [0.5, 0.6) is 28.7 Å². The van der Waals surface area contributed by atoms with Gasteiger partial charge >= 0.3 is 6.03 Å². The molecule has 0 aliphatic rings. The fourth-order valence-corrected chi connectivity index (χ4v) is 2.16. The second-order valence-corrected chi connectivity index (χ2v) is 5.40. The van der Waals surface area contributed by atoms with Gasteiger partial charge in [0.1, 0.15) is 28.7 Å². The van der Waals surface area contributed by atoms with Crippen LogP contribution in [0.3, 0.4) is 0 Å². The summed E-state index contributed by atoms with van der Waals surface area (Å²) in [6.45, 7) is 0. The van der Waals surface area contributed by atoms with Crippen LogP contribution in [0.4, 0.5) is 10.5 Å². The standard InChI is InChI=1S/C20H18N2O4/c1-21-20(24)22-14-2-6-16(7-3-14)25-18-10-12-19(13-11-18)26-17-8-4-15(23)5-9-17/h2-13,23H,1H3,(H2,21,22,24). The molecule has 6 heteroatoms. The van der Waals surface area contributed by atoms with Gasteiger partial charge in [-0.2, -0.15) is 0 Å². The number of hydrogen-bond donors (Lipinski definition) is 3. The molecule has 26 heavy (non-hydrogen) atoms. The molecule has 0 heterocycles. The number of benzene rings is 3. The van der Waals surface area contributed by atoms with E-state index in [0.717, 1.165) is 0 Å². The van der Waals surface area contributed by atoms with Gasteiger partial charge in [0.05, 0.1) is 0 Å². The number of nitrogens with one attached hydrogen (secondary N) is 2. The summed E-state index contributed by atoms with van der Waals surface area (Å²) in [7, 11) is 1.56. The largest absolute Gasteiger partial charge is 0.508 e. The van der Waals surface area contributed by atoms with E-state index in [2.05, 4.69) is 10.6 Å². The number of anilines is 1. The summed E-state index contributed by atoms with van der Waals surface area (Å²) in [5.74, 6) is 2.80. The highest BCUT2D eigenvalue weighted by molar-refractivity contribution is 5.88. The molecule has 3 rings (SSSR count). The highest BCUT2D eigenvalue weighted by Gasteiger charge is 2.02. The number of ether oxygens (including phenoxy) is 2. The van der Waals surface area contributed by atoms with Crippen LogP contribution in [0.15, 0.2) is 72.8 Å². The van der Waals surface area contributed by atoms with Crippen LogP contribution in [0.25, 0.3) is 0 Å². The lowest BCUT2D eigenvalue weighted by molar-refractivity contribution is 0.254. The summed E-state index contributed by atoms with van der Waals surface area (Å²) in [5.41, 5.74) is 0.675. The Morgan fingerprint density at radius 2 is 1.12 bits per heavy atom. The first-order valence-corrected chi connectivity index (χ1v) is 7.96. The first kappa shape index (κ1) is 17.2. The number of rotatable bonds is 5. The molecular weight excluding hydrogens is 332 g/mol. The van der Waals surface area contributed by atoms with Gasteiger partial charge in [-0.1, -0.05) is 0 Å². The van der Waals surface area contributed by atoms with Gasteiger partial charge in [-0.25, -0.2) is 4.79 Å². The molecule has 0 aliphatic heterocycles. The SMILES string of the molecule is CNC(=O)Nc1ccc(Oc2ccc(Oc3ccc(O)cc3)cc2)cc1. The first-order chi connectivity index (χ1) is 12.6. The molecule has 0 atom stereocenters. The average molecular weight is 350 g/mol. The zero-order valence-electron chi connectivity index (χ0n) is 14.1. The lowest BCUT2D eigenvalue weighted by atomic mass is 10.3. The van der Waals surface area contributed by atoms with Gasteiger partial charge in [-0.15, -0.1) is 0 Å². The van der Waals surface area contributed by atoms with Crippen LogP contribution in [-0.4, -0.2) is 18.2 Å². The van der Waals surface area contributed by atoms with Crippen LogP contribution in [0.1, 0.15) is 0 Å². The van der Waals surface area contributed by atoms with Gasteiger partial charge in [0.25, 0.3) is 0 Å². The molecule has 0 aliphatic carbocycles. The van der Waals surface area contributed by atoms with Gasteiger partial charge < -0.3 is 25.2 Å². The fraction of sp³-hybridized carbons (Fsp3) is 0.0500. The van der Waals surface area contributed by atoms with Gasteiger partial charge in [-0.3, -0.25) is 0 Å². The predicted molar refractivity (Wildman–Crippen MR) is 99.2 cm³/mol. The van der Waals surface area contributed by atoms with E-state index in [-0.39, 0.29) is 11.8 Å². The van der Waals surface area contributed by atoms with E-state index in [1.165, 1.54) is 0 Å². The molecule has 0 saturated carbocycles. The van der Waals surface area contributed by atoms with E-state index < -0.39 is 0 Å². The molecule has 3 aromatic rings. The van der Waals surface area contributed by atoms with Crippen LogP contribution in [0, 0.1) is 0 Å². The van der Waals surface area contributed by atoms with Gasteiger partial charge in [-0.05, 0) is 72.8 Å². The van der Waals surface area contributed by atoms with Crippen molar-refractivity contribution in [1.82, 2.24) is 5.32 Å². The third kappa shape index (κ3) is 4.67. The van der Waals surface area contributed by atoms with Gasteiger partial charge in [0.2, 0.25) is 0 Å². The van der Waals surface area contributed by atoms with Crippen molar-refractivity contribution in [1.29, 1.82) is 0 Å². The Bertz CT molecular complexity index is 860. The maximum absolute atomic E-state index is 11.3. The molecule has 3 N–H and O–H groups in total. The van der Waals surface area contributed by atoms with Crippen molar-refractivity contribution >= 4 is 11.7 Å². The summed E-state index contributed by atoms with van der Waals surface area (Å²) < 4.78 is 11.5. The third-order valence-corrected chi connectivity index (χ3v) is 3.47. The van der Waals surface area contributed by atoms with Crippen molar-refractivity contribution in [2.75, 3.05) is 12.4 Å². The summed E-state index contributed by atoms with van der Waals surface area (Å²) in [6, 6.07) is 20.5. The normalized spacial score (nSPS) is 10.0. The third-order valence-electron chi connectivity index (χ3n) is 3.47. The molecule has 132 valence electrons. The highest BCUT2D eigenvalue weighted by Crippen LogP contribution is 2.28. The van der Waals surface area contributed by atoms with Crippen molar-refractivity contribution in [3.63, 3.8) is 0 Å². The quantitative estimate of drug-likeness (QED) is 0.621. The minimum Gasteiger partial charge on any atom is -0.508 e. The number of carbonyl (C=O) groups is 1. The number of amides is 2. The molecular formula is C20H18N2O4. The van der Waals surface area contributed by atoms with Crippen LogP contribution < -0.4 is 20.1 Å². The maximum atomic E-state index is 11.3. The van der Waals surface area contributed by atoms with E-state index in [1.807, 2.05) is 0 Å². The van der Waals surface area contributed by atoms with E-state index in [4.69, 9.17) is 9.47 Å². The van der Waals surface area contributed by atoms with Gasteiger partial charge in [0.15, 0.2) is 0 Å². The Kier molecular flexibility index (Phi) is 5.24. The van der Waals surface area contributed by atoms with Crippen LogP contribution in [-0.2, 0) is 0 Å². The molecule has 0 fully saturated rings. The Hall–Kier alpha value is -3.67. The zero-order valence-corrected chi connectivity index (χ0v) is 14.1. The minimum atomic E-state index is -0.275. The zero-order chi connectivity index (χ0) is 18.4. The van der Waals surface area contributed by atoms with Crippen molar-refractivity contribution < 1.29 is 19.4 Å². The predicted octanol–water partition coefficient (Wildman–Crippen LogP) is 4.73. The number of urea groups is 1. The number of phenolic OH excluding ortho intramolecular Hbond substituents is 1. The molecule has 0 bridgehead atoms. The molecule has 0 spiro atoms. The van der Waals surface area contributed by atoms with Crippen molar-refractivity contribution in [2.24, 2.45) is 0 Å². The number of aromatic hydroxyl groups is 1. The topological polar surface area (TPSA) is 79.8 Å². The summed E-state index contributed by atoms with van der Waals surface area (Å²) in [4.78, 5) is 11.3. The summed E-state index contributed by atoms with van der Waals surface area (Å²) in [5, 5.41) is 14.4. The molecule has 6 nitrogen and oxygen atoms in total. The van der Waals surface area contributed by atoms with E-state index in [1.54, 1.807) is 79.8 Å². The van der Waals surface area contributed by atoms with Gasteiger partial charge in [0, 0.05) is 12.7 Å². The number of hydrogen-bond acceptors (Lipinski definition) is 4. The number of phenols is 1. The molecule has 0 aromatic heterocycles. The number of carbonyl (C=O) groups excluding carboxylic acids is 1. The highest BCUT2D eigenvalue weighted by atomic mass is 16.5. The minimum absolute atomic E-state index is 0.192. The molecule has 0 saturated heterocycles. The molecule has 0 radical (unpaired) electrons. The van der Waals surface area contributed by atoms with Crippen LogP contribution >= 0.6 is 0 Å². The molecule has 3 aromatic carbocycles. The smallest absolute Gasteiger partial charge is 0.318 e. The Labute approximate surface area is 151 Å². The Morgan fingerprint density at radius 1 is 0.731 bits per heavy atom. The molecule has 2 amide bonds. The fourth-order valence-electron chi connectivity index (χ4n) is 2.16. The second kappa shape index (κ2) is 7.94. The van der Waals surface area contributed by atoms with E-state index >= 15 is 0 Å². The van der Waals surface area contributed by atoms with Crippen molar-refractivity contribution in [2.45, 2.75) is 0 Å². The average Bonchev–Trinajstić information content (AvgIpc) is 2.66. The van der Waals surface area contributed by atoms with Crippen LogP contribution in [0.2, 0.25) is 0 Å². The first-order valence-electron chi connectivity index (χ1n) is 7.96. The summed E-state index contributed by atoms with van der Waals surface area (Å²) >= 11 is 0. The van der Waals surface area contributed by atoms with E-state index in [0.29, 0.717) is 28.7 Å².